The molecule has 0 unspecified atom stereocenters. The molecule has 5 heteroatoms. The first-order valence-electron chi connectivity index (χ1n) is 8.34. The van der Waals surface area contributed by atoms with Gasteiger partial charge < -0.3 is 15.2 Å². The summed E-state index contributed by atoms with van der Waals surface area (Å²) in [4.78, 5) is 22.7. The van der Waals surface area contributed by atoms with E-state index in [-0.39, 0.29) is 31.0 Å². The first-order valence-corrected chi connectivity index (χ1v) is 8.34. The van der Waals surface area contributed by atoms with Gasteiger partial charge in [-0.05, 0) is 28.2 Å². The fraction of sp³-hybridized carbons (Fsp3) is 0.300. The van der Waals surface area contributed by atoms with E-state index < -0.39 is 5.97 Å². The van der Waals surface area contributed by atoms with Crippen molar-refractivity contribution < 1.29 is 19.4 Å². The van der Waals surface area contributed by atoms with Gasteiger partial charge in [0.15, 0.2) is 0 Å². The largest absolute Gasteiger partial charge is 0.481 e. The second-order valence-electron chi connectivity index (χ2n) is 6.37. The van der Waals surface area contributed by atoms with Crippen molar-refractivity contribution in [1.82, 2.24) is 5.32 Å². The number of nitrogens with one attached hydrogen (secondary N) is 1. The van der Waals surface area contributed by atoms with E-state index in [4.69, 9.17) is 9.84 Å². The van der Waals surface area contributed by atoms with Gasteiger partial charge in [0.25, 0.3) is 0 Å². The first kappa shape index (κ1) is 17.2. The van der Waals surface area contributed by atoms with Crippen LogP contribution in [0.3, 0.4) is 0 Å². The smallest absolute Gasteiger partial charge is 0.303 e. The van der Waals surface area contributed by atoms with E-state index >= 15 is 0 Å². The predicted molar refractivity (Wildman–Crippen MR) is 94.1 cm³/mol. The highest BCUT2D eigenvalue weighted by molar-refractivity contribution is 5.79. The minimum atomic E-state index is -0.864. The molecule has 0 radical (unpaired) electrons. The van der Waals surface area contributed by atoms with Crippen molar-refractivity contribution in [2.45, 2.75) is 19.4 Å². The molecular weight excluding hydrogens is 318 g/mol. The Balaban J connectivity index is 1.62. The number of hydrogen-bond donors (Lipinski definition) is 2. The van der Waals surface area contributed by atoms with Crippen molar-refractivity contribution in [3.8, 4) is 11.1 Å². The van der Waals surface area contributed by atoms with Crippen LogP contribution in [0.5, 0.6) is 0 Å². The van der Waals surface area contributed by atoms with Gasteiger partial charge in [0, 0.05) is 13.0 Å². The van der Waals surface area contributed by atoms with Crippen molar-refractivity contribution in [2.24, 2.45) is 5.92 Å². The molecule has 2 N–H and O–H groups in total. The lowest BCUT2D eigenvalue weighted by molar-refractivity contribution is -0.138. The number of carboxylic acid groups (broad SMARTS) is 1. The summed E-state index contributed by atoms with van der Waals surface area (Å²) in [6.07, 6.45) is -0.223. The number of ether oxygens (including phenoxy) is 1. The number of carbonyl (C=O) groups excluding carboxylic acids is 1. The highest BCUT2D eigenvalue weighted by Crippen LogP contribution is 2.44. The normalized spacial score (nSPS) is 13.8. The molecule has 1 aliphatic rings. The fourth-order valence-corrected chi connectivity index (χ4v) is 3.16. The second-order valence-corrected chi connectivity index (χ2v) is 6.37. The van der Waals surface area contributed by atoms with Crippen LogP contribution >= 0.6 is 0 Å². The third kappa shape index (κ3) is 3.88. The van der Waals surface area contributed by atoms with Crippen LogP contribution in [0.15, 0.2) is 48.5 Å². The Bertz CT molecular complexity index is 741. The summed E-state index contributed by atoms with van der Waals surface area (Å²) in [5.41, 5.74) is 4.41. The van der Waals surface area contributed by atoms with E-state index in [2.05, 4.69) is 17.4 Å². The fourth-order valence-electron chi connectivity index (χ4n) is 3.16. The topological polar surface area (TPSA) is 75.6 Å². The number of carbonyl (C=O) groups is 2. The molecule has 25 heavy (non-hydrogen) atoms. The van der Waals surface area contributed by atoms with Gasteiger partial charge in [-0.2, -0.15) is 0 Å². The van der Waals surface area contributed by atoms with Crippen molar-refractivity contribution in [2.75, 3.05) is 13.2 Å². The van der Waals surface area contributed by atoms with Crippen LogP contribution in [0.4, 0.5) is 0 Å². The molecule has 1 aliphatic carbocycles. The quantitative estimate of drug-likeness (QED) is 0.813. The summed E-state index contributed by atoms with van der Waals surface area (Å²) < 4.78 is 5.90. The average molecular weight is 339 g/mol. The molecule has 0 bridgehead atoms. The van der Waals surface area contributed by atoms with E-state index in [1.807, 2.05) is 36.4 Å². The Kier molecular flexibility index (Phi) is 5.14. The minimum Gasteiger partial charge on any atom is -0.481 e. The summed E-state index contributed by atoms with van der Waals surface area (Å²) in [6, 6.07) is 16.1. The van der Waals surface area contributed by atoms with Crippen LogP contribution in [-0.4, -0.2) is 30.1 Å². The van der Waals surface area contributed by atoms with Gasteiger partial charge in [0.2, 0.25) is 5.91 Å². The zero-order valence-electron chi connectivity index (χ0n) is 14.1. The summed E-state index contributed by atoms with van der Waals surface area (Å²) >= 11 is 0. The number of amides is 1. The molecule has 130 valence electrons. The third-order valence-electron chi connectivity index (χ3n) is 4.33. The maximum absolute atomic E-state index is 12.0. The molecule has 2 aromatic rings. The lowest BCUT2D eigenvalue weighted by Crippen LogP contribution is -2.32. The molecule has 1 atom stereocenters. The summed E-state index contributed by atoms with van der Waals surface area (Å²) in [5, 5.41) is 11.5. The minimum absolute atomic E-state index is 0.0323. The van der Waals surface area contributed by atoms with Gasteiger partial charge in [-0.1, -0.05) is 55.5 Å². The highest BCUT2D eigenvalue weighted by Gasteiger charge is 2.29. The molecule has 0 fully saturated rings. The molecular formula is C20H21NO4. The van der Waals surface area contributed by atoms with Crippen LogP contribution in [-0.2, 0) is 14.3 Å². The molecule has 0 aromatic heterocycles. The predicted octanol–water partition coefficient (Wildman–Crippen LogP) is 3.00. The Hall–Kier alpha value is -2.66. The van der Waals surface area contributed by atoms with Gasteiger partial charge in [-0.3, -0.25) is 9.59 Å². The number of carboxylic acids is 1. The van der Waals surface area contributed by atoms with Crippen LogP contribution in [0.1, 0.15) is 30.6 Å². The molecule has 0 spiro atoms. The van der Waals surface area contributed by atoms with Crippen molar-refractivity contribution in [3.05, 3.63) is 59.7 Å². The SMILES string of the molecule is C[C@@H](CNC(=O)COC1c2ccccc2-c2ccccc21)CC(=O)O. The molecule has 3 rings (SSSR count). The lowest BCUT2D eigenvalue weighted by atomic mass is 10.1. The molecule has 1 amide bonds. The monoisotopic (exact) mass is 339 g/mol. The van der Waals surface area contributed by atoms with Gasteiger partial charge in [0.05, 0.1) is 0 Å². The van der Waals surface area contributed by atoms with E-state index in [9.17, 15) is 9.59 Å². The van der Waals surface area contributed by atoms with E-state index in [1.54, 1.807) is 6.92 Å². The number of aliphatic carboxylic acids is 1. The van der Waals surface area contributed by atoms with Gasteiger partial charge in [-0.25, -0.2) is 0 Å². The van der Waals surface area contributed by atoms with E-state index in [0.29, 0.717) is 6.54 Å². The zero-order valence-corrected chi connectivity index (χ0v) is 14.1. The number of benzene rings is 2. The van der Waals surface area contributed by atoms with Crippen molar-refractivity contribution in [3.63, 3.8) is 0 Å². The van der Waals surface area contributed by atoms with E-state index in [0.717, 1.165) is 22.3 Å². The van der Waals surface area contributed by atoms with Gasteiger partial charge in [0.1, 0.15) is 12.7 Å². The maximum Gasteiger partial charge on any atom is 0.303 e. The van der Waals surface area contributed by atoms with Crippen LogP contribution in [0.2, 0.25) is 0 Å². The van der Waals surface area contributed by atoms with Crippen LogP contribution in [0, 0.1) is 5.92 Å². The van der Waals surface area contributed by atoms with Gasteiger partial charge in [-0.15, -0.1) is 0 Å². The lowest BCUT2D eigenvalue weighted by Gasteiger charge is -2.16. The molecule has 0 heterocycles. The number of hydrogen-bond acceptors (Lipinski definition) is 3. The Morgan fingerprint density at radius 2 is 1.64 bits per heavy atom. The average Bonchev–Trinajstić information content (AvgIpc) is 2.92. The Morgan fingerprint density at radius 3 is 2.20 bits per heavy atom. The summed E-state index contributed by atoms with van der Waals surface area (Å²) in [7, 11) is 0. The van der Waals surface area contributed by atoms with Crippen molar-refractivity contribution in [1.29, 1.82) is 0 Å². The molecule has 0 aliphatic heterocycles. The Labute approximate surface area is 146 Å². The first-order chi connectivity index (χ1) is 12.1. The Morgan fingerprint density at radius 1 is 1.08 bits per heavy atom. The molecule has 2 aromatic carbocycles. The molecule has 5 nitrogen and oxygen atoms in total. The maximum atomic E-state index is 12.0. The van der Waals surface area contributed by atoms with Crippen LogP contribution < -0.4 is 5.32 Å². The zero-order chi connectivity index (χ0) is 17.8. The summed E-state index contributed by atoms with van der Waals surface area (Å²) in [5.74, 6) is -1.22. The number of fused-ring (bicyclic) bond motifs is 3. The third-order valence-corrected chi connectivity index (χ3v) is 4.33. The summed E-state index contributed by atoms with van der Waals surface area (Å²) in [6.45, 7) is 2.05. The van der Waals surface area contributed by atoms with E-state index in [1.165, 1.54) is 0 Å². The second kappa shape index (κ2) is 7.49. The number of rotatable bonds is 7. The standard InChI is InChI=1S/C20H21NO4/c1-13(10-19(23)24)11-21-18(22)12-25-20-16-8-4-2-6-14(16)15-7-3-5-9-17(15)20/h2-9,13,20H,10-12H2,1H3,(H,21,22)(H,23,24)/t13-/m1/s1. The van der Waals surface area contributed by atoms with Gasteiger partial charge >= 0.3 is 5.97 Å². The molecule has 0 saturated carbocycles. The highest BCUT2D eigenvalue weighted by atomic mass is 16.5. The van der Waals surface area contributed by atoms with Crippen LogP contribution in [0.25, 0.3) is 11.1 Å². The molecule has 0 saturated heterocycles. The van der Waals surface area contributed by atoms with Crippen molar-refractivity contribution >= 4 is 11.9 Å².